The van der Waals surface area contributed by atoms with Crippen LogP contribution >= 0.6 is 0 Å². The van der Waals surface area contributed by atoms with Crippen molar-refractivity contribution in [2.45, 2.75) is 79.4 Å². The van der Waals surface area contributed by atoms with Gasteiger partial charge in [0.2, 0.25) is 0 Å². The quantitative estimate of drug-likeness (QED) is 0.189. The minimum Gasteiger partial charge on any atom is -0.481 e. The van der Waals surface area contributed by atoms with E-state index in [9.17, 15) is 25.2 Å². The molecule has 0 fully saturated rings. The first-order chi connectivity index (χ1) is 20.4. The topological polar surface area (TPSA) is 155 Å². The number of aromatic amines is 2. The lowest BCUT2D eigenvalue weighted by Gasteiger charge is -2.07. The van der Waals surface area contributed by atoms with E-state index in [1.165, 1.54) is 0 Å². The number of carbonyl (C=O) groups is 1. The molecule has 0 saturated carbocycles. The van der Waals surface area contributed by atoms with Crippen LogP contribution < -0.4 is 0 Å². The van der Waals surface area contributed by atoms with Gasteiger partial charge in [-0.3, -0.25) is 4.79 Å². The number of nitrogens with one attached hydrogen (secondary N) is 2. The molecule has 2 atom stereocenters. The Hall–Kier alpha value is -4.05. The summed E-state index contributed by atoms with van der Waals surface area (Å²) in [5, 5.41) is 40.7. The molecule has 3 aromatic rings. The van der Waals surface area contributed by atoms with Crippen LogP contribution in [0.25, 0.3) is 44.4 Å². The molecule has 0 aliphatic carbocycles. The Kier molecular flexibility index (Phi) is 8.42. The van der Waals surface area contributed by atoms with Gasteiger partial charge in [-0.1, -0.05) is 0 Å². The van der Waals surface area contributed by atoms with Crippen molar-refractivity contribution < 1.29 is 25.2 Å². The first-order valence-corrected chi connectivity index (χ1v) is 14.8. The molecule has 226 valence electrons. The van der Waals surface area contributed by atoms with E-state index in [-0.39, 0.29) is 13.0 Å². The molecule has 6 N–H and O–H groups in total. The lowest BCUT2D eigenvalue weighted by molar-refractivity contribution is -0.136. The number of nitrogens with zero attached hydrogens (tertiary/aromatic N) is 2. The molecule has 3 aromatic heterocycles. The van der Waals surface area contributed by atoms with Crippen LogP contribution in [0.3, 0.4) is 0 Å². The largest absolute Gasteiger partial charge is 0.481 e. The summed E-state index contributed by atoms with van der Waals surface area (Å²) in [4.78, 5) is 28.5. The van der Waals surface area contributed by atoms with Gasteiger partial charge in [-0.05, 0) is 118 Å². The Morgan fingerprint density at radius 2 is 1.35 bits per heavy atom. The number of aryl methyl sites for hydroxylation is 3. The Morgan fingerprint density at radius 3 is 2.00 bits per heavy atom. The molecule has 2 aliphatic heterocycles. The van der Waals surface area contributed by atoms with Crippen LogP contribution in [-0.2, 0) is 11.2 Å². The standard InChI is InChI=1S/C34H40N4O5/c1-16-22(8-7-11-39)28-15-29-23(9-10-32(42)43)17(2)25(36-29)13-30-34(21(6)41)19(4)27(38-30)14-31-33(20(5)40)18(3)26(37-31)12-24(16)35-28/h12-15,20-21,36-37,39-41H,7-11H2,1-6H3,(H,42,43). The molecular weight excluding hydrogens is 544 g/mol. The second-order valence-electron chi connectivity index (χ2n) is 11.6. The summed E-state index contributed by atoms with van der Waals surface area (Å²) in [6.07, 6.45) is 0.0336. The Balaban J connectivity index is 1.96. The Morgan fingerprint density at radius 1 is 0.767 bits per heavy atom. The van der Waals surface area contributed by atoms with E-state index in [1.54, 1.807) is 13.8 Å². The van der Waals surface area contributed by atoms with Crippen LogP contribution in [0.2, 0.25) is 0 Å². The van der Waals surface area contributed by atoms with Crippen molar-refractivity contribution in [1.29, 1.82) is 0 Å². The van der Waals surface area contributed by atoms with Crippen molar-refractivity contribution in [2.24, 2.45) is 0 Å². The summed E-state index contributed by atoms with van der Waals surface area (Å²) < 4.78 is 0. The van der Waals surface area contributed by atoms with Gasteiger partial charge < -0.3 is 30.4 Å². The van der Waals surface area contributed by atoms with Crippen molar-refractivity contribution in [3.63, 3.8) is 0 Å². The third kappa shape index (κ3) is 5.68. The summed E-state index contributed by atoms with van der Waals surface area (Å²) in [7, 11) is 0. The number of carboxylic acid groups (broad SMARTS) is 1. The fraction of sp³-hybridized carbons (Fsp3) is 0.382. The van der Waals surface area contributed by atoms with E-state index in [2.05, 4.69) is 9.97 Å². The molecule has 0 aromatic carbocycles. The highest BCUT2D eigenvalue weighted by Gasteiger charge is 2.23. The molecule has 9 nitrogen and oxygen atoms in total. The van der Waals surface area contributed by atoms with Crippen LogP contribution in [0.15, 0.2) is 24.3 Å². The van der Waals surface area contributed by atoms with Crippen molar-refractivity contribution in [3.8, 4) is 0 Å². The SMILES string of the molecule is CC1=C(CCCO)c2cc3[nH]c(cc4nc(cc5[nH]c(cc1n2)c(C)c5C(C)O)C(C)=C4C(C)O)c(C)c3CCC(=O)O. The molecular formula is C34H40N4O5. The molecule has 9 heteroatoms. The molecule has 0 amide bonds. The van der Waals surface area contributed by atoms with Crippen LogP contribution in [-0.4, -0.2) is 59.0 Å². The normalized spacial score (nSPS) is 14.9. The molecule has 43 heavy (non-hydrogen) atoms. The number of aliphatic hydroxyl groups excluding tert-OH is 3. The number of hydrogen-bond acceptors (Lipinski definition) is 6. The van der Waals surface area contributed by atoms with Crippen molar-refractivity contribution in [3.05, 3.63) is 69.3 Å². The number of H-pyrrole nitrogens is 2. The van der Waals surface area contributed by atoms with Crippen molar-refractivity contribution in [2.75, 3.05) is 6.61 Å². The van der Waals surface area contributed by atoms with Gasteiger partial charge in [0.25, 0.3) is 0 Å². The maximum absolute atomic E-state index is 11.6. The maximum Gasteiger partial charge on any atom is 0.303 e. The van der Waals surface area contributed by atoms with E-state index in [4.69, 9.17) is 9.97 Å². The van der Waals surface area contributed by atoms with Gasteiger partial charge in [-0.15, -0.1) is 0 Å². The zero-order chi connectivity index (χ0) is 31.2. The van der Waals surface area contributed by atoms with Gasteiger partial charge in [0.1, 0.15) is 0 Å². The molecule has 2 aliphatic rings. The maximum atomic E-state index is 11.6. The van der Waals surface area contributed by atoms with E-state index >= 15 is 0 Å². The molecule has 0 spiro atoms. The Labute approximate surface area is 250 Å². The number of aliphatic carboxylic acids is 1. The van der Waals surface area contributed by atoms with Crippen molar-refractivity contribution >= 4 is 50.3 Å². The summed E-state index contributed by atoms with van der Waals surface area (Å²) in [5.41, 5.74) is 13.0. The first kappa shape index (κ1) is 30.4. The Bertz CT molecular complexity index is 1840. The van der Waals surface area contributed by atoms with E-state index in [0.29, 0.717) is 36.2 Å². The number of carboxylic acids is 1. The van der Waals surface area contributed by atoms with Crippen LogP contribution in [0.4, 0.5) is 0 Å². The minimum atomic E-state index is -0.875. The van der Waals surface area contributed by atoms with Gasteiger partial charge >= 0.3 is 5.97 Å². The fourth-order valence-corrected chi connectivity index (χ4v) is 6.34. The third-order valence-electron chi connectivity index (χ3n) is 8.64. The number of rotatable bonds is 8. The summed E-state index contributed by atoms with van der Waals surface area (Å²) >= 11 is 0. The highest BCUT2D eigenvalue weighted by atomic mass is 16.4. The van der Waals surface area contributed by atoms with Gasteiger partial charge in [0, 0.05) is 46.2 Å². The van der Waals surface area contributed by atoms with Gasteiger partial charge in [0.15, 0.2) is 0 Å². The highest BCUT2D eigenvalue weighted by Crippen LogP contribution is 2.37. The monoisotopic (exact) mass is 584 g/mol. The lowest BCUT2D eigenvalue weighted by Crippen LogP contribution is -2.02. The predicted octanol–water partition coefficient (Wildman–Crippen LogP) is 6.02. The van der Waals surface area contributed by atoms with Gasteiger partial charge in [-0.25, -0.2) is 9.97 Å². The smallest absolute Gasteiger partial charge is 0.303 e. The minimum absolute atomic E-state index is 0.0194. The average Bonchev–Trinajstić information content (AvgIpc) is 3.59. The molecule has 2 unspecified atom stereocenters. The molecule has 0 saturated heterocycles. The summed E-state index contributed by atoms with van der Waals surface area (Å²) in [6, 6.07) is 7.78. The molecule has 5 rings (SSSR count). The highest BCUT2D eigenvalue weighted by molar-refractivity contribution is 5.95. The van der Waals surface area contributed by atoms with E-state index < -0.39 is 18.2 Å². The number of aliphatic hydroxyl groups is 3. The summed E-state index contributed by atoms with van der Waals surface area (Å²) in [5.74, 6) is -0.875. The van der Waals surface area contributed by atoms with Crippen LogP contribution in [0, 0.1) is 13.8 Å². The number of allylic oxidation sites excluding steroid dienone is 3. The van der Waals surface area contributed by atoms with E-state index in [1.807, 2.05) is 52.0 Å². The molecule has 5 heterocycles. The number of hydrogen-bond donors (Lipinski definition) is 6. The van der Waals surface area contributed by atoms with Crippen LogP contribution in [0.1, 0.15) is 98.1 Å². The third-order valence-corrected chi connectivity index (χ3v) is 8.64. The second-order valence-corrected chi connectivity index (χ2v) is 11.6. The predicted molar refractivity (Wildman–Crippen MR) is 170 cm³/mol. The average molecular weight is 585 g/mol. The van der Waals surface area contributed by atoms with Gasteiger partial charge in [-0.2, -0.15) is 0 Å². The molecule has 0 radical (unpaired) electrons. The van der Waals surface area contributed by atoms with E-state index in [0.717, 1.165) is 72.4 Å². The van der Waals surface area contributed by atoms with Gasteiger partial charge in [0.05, 0.1) is 35.0 Å². The number of aromatic nitrogens is 4. The zero-order valence-electron chi connectivity index (χ0n) is 25.6. The first-order valence-electron chi connectivity index (χ1n) is 14.8. The molecule has 8 bridgehead atoms. The second kappa shape index (κ2) is 11.9. The fourth-order valence-electron chi connectivity index (χ4n) is 6.34. The number of fused-ring (bicyclic) bond motifs is 8. The van der Waals surface area contributed by atoms with Crippen LogP contribution in [0.5, 0.6) is 0 Å². The lowest BCUT2D eigenvalue weighted by atomic mass is 10.00. The van der Waals surface area contributed by atoms with Crippen molar-refractivity contribution in [1.82, 2.24) is 19.9 Å². The zero-order valence-corrected chi connectivity index (χ0v) is 25.6. The summed E-state index contributed by atoms with van der Waals surface area (Å²) in [6.45, 7) is 11.4.